The summed E-state index contributed by atoms with van der Waals surface area (Å²) in [5, 5.41) is 0. The van der Waals surface area contributed by atoms with Crippen molar-refractivity contribution < 1.29 is 52.5 Å². The first-order valence-corrected chi connectivity index (χ1v) is 7.87. The van der Waals surface area contributed by atoms with Crippen LogP contribution in [-0.2, 0) is 46.8 Å². The van der Waals surface area contributed by atoms with Crippen LogP contribution in [0.4, 0.5) is 0 Å². The fraction of sp³-hybridized carbons (Fsp3) is 0. The van der Waals surface area contributed by atoms with Crippen LogP contribution < -0.4 is 0 Å². The van der Waals surface area contributed by atoms with Gasteiger partial charge in [-0.1, -0.05) is 0 Å². The van der Waals surface area contributed by atoms with Crippen molar-refractivity contribution in [2.24, 2.45) is 0 Å². The molecule has 0 aromatic heterocycles. The van der Waals surface area contributed by atoms with Gasteiger partial charge in [0.05, 0.1) is 0 Å². The van der Waals surface area contributed by atoms with Gasteiger partial charge in [-0.05, 0) is 23.6 Å². The Morgan fingerprint density at radius 2 is 0.750 bits per heavy atom. The Bertz CT molecular complexity index is 143. The third-order valence-corrected chi connectivity index (χ3v) is 0. The van der Waals surface area contributed by atoms with Gasteiger partial charge in [-0.2, -0.15) is 0 Å². The minimum absolute atomic E-state index is 0.700. The normalized spacial score (nSPS) is 10.2. The summed E-state index contributed by atoms with van der Waals surface area (Å²) in [6.07, 6.45) is 0. The monoisotopic (exact) mass is 342 g/mol. The molecule has 0 heterocycles. The van der Waals surface area contributed by atoms with E-state index in [1.807, 2.05) is 0 Å². The summed E-state index contributed by atoms with van der Waals surface area (Å²) in [5.74, 6) is 0. The molecule has 0 saturated heterocycles. The summed E-state index contributed by atoms with van der Waals surface area (Å²) in [5.41, 5.74) is 0. The molecular weight excluding hydrogens is 334 g/mol. The zero-order valence-electron chi connectivity index (χ0n) is 5.21. The molecule has 7 nitrogen and oxygen atoms in total. The topological polar surface area (TPSA) is 138 Å². The van der Waals surface area contributed by atoms with E-state index >= 15 is 0 Å². The van der Waals surface area contributed by atoms with E-state index in [4.69, 9.17) is 32.8 Å². The van der Waals surface area contributed by atoms with Crippen molar-refractivity contribution in [1.29, 1.82) is 0 Å². The average Bonchev–Trinajstić information content (AvgIpc) is 1.59. The van der Waals surface area contributed by atoms with E-state index in [9.17, 15) is 0 Å². The third kappa shape index (κ3) is 536. The van der Waals surface area contributed by atoms with Crippen molar-refractivity contribution in [3.05, 3.63) is 0 Å². The summed E-state index contributed by atoms with van der Waals surface area (Å²) in [6, 6.07) is 0. The summed E-state index contributed by atoms with van der Waals surface area (Å²) in [6.45, 7) is -7.61. The Labute approximate surface area is 89.4 Å². The van der Waals surface area contributed by atoms with Crippen molar-refractivity contribution in [2.45, 2.75) is 0 Å². The van der Waals surface area contributed by atoms with Gasteiger partial charge >= 0.3 is 36.6 Å². The zero-order valence-corrected chi connectivity index (χ0v) is 10.6. The van der Waals surface area contributed by atoms with E-state index in [2.05, 4.69) is 23.6 Å². The van der Waals surface area contributed by atoms with E-state index < -0.39 is 13.4 Å². The molecule has 0 aliphatic rings. The molecule has 0 saturated carbocycles. The van der Waals surface area contributed by atoms with Gasteiger partial charge in [-0.25, -0.2) is 0 Å². The van der Waals surface area contributed by atoms with Crippen LogP contribution in [0.15, 0.2) is 0 Å². The molecule has 12 heavy (non-hydrogen) atoms. The van der Waals surface area contributed by atoms with Crippen LogP contribution in [0, 0.1) is 0 Å². The molecule has 0 unspecified atom stereocenters. The van der Waals surface area contributed by atoms with Crippen LogP contribution in [0.2, 0.25) is 0 Å². The minimum atomic E-state index is -3.81. The summed E-state index contributed by atoms with van der Waals surface area (Å²) in [4.78, 5) is 45.3. The molecule has 0 aliphatic carbocycles. The van der Waals surface area contributed by atoms with Crippen molar-refractivity contribution >= 4 is 37.1 Å². The summed E-state index contributed by atoms with van der Waals surface area (Å²) < 4.78 is 8.26. The van der Waals surface area contributed by atoms with Gasteiger partial charge in [0.15, 0.2) is 0 Å². The first kappa shape index (κ1) is 19.2. The fourth-order valence-corrected chi connectivity index (χ4v) is 0. The SMILES string of the molecule is OP(O)(O)=S.OP(O)(O)=S.[O]=[Mo]. The molecule has 0 bridgehead atoms. The second kappa shape index (κ2) is 9.12. The summed E-state index contributed by atoms with van der Waals surface area (Å²) >= 11 is 7.91. The van der Waals surface area contributed by atoms with Gasteiger partial charge in [0.1, 0.15) is 0 Å². The Kier molecular flexibility index (Phi) is 14.6. The first-order chi connectivity index (χ1) is 5.00. The van der Waals surface area contributed by atoms with Crippen molar-refractivity contribution in [2.75, 3.05) is 0 Å². The van der Waals surface area contributed by atoms with Crippen molar-refractivity contribution in [3.8, 4) is 0 Å². The second-order valence-electron chi connectivity index (χ2n) is 1.03. The Morgan fingerprint density at radius 1 is 0.750 bits per heavy atom. The Balaban J connectivity index is -0.000000112. The van der Waals surface area contributed by atoms with Gasteiger partial charge < -0.3 is 29.4 Å². The quantitative estimate of drug-likeness (QED) is 0.224. The molecule has 0 amide bonds. The van der Waals surface area contributed by atoms with E-state index in [-0.39, 0.29) is 0 Å². The second-order valence-corrected chi connectivity index (χ2v) is 6.02. The van der Waals surface area contributed by atoms with Crippen LogP contribution in [0.1, 0.15) is 0 Å². The Morgan fingerprint density at radius 3 is 0.750 bits per heavy atom. The maximum atomic E-state index is 8.26. The van der Waals surface area contributed by atoms with Crippen LogP contribution in [0.25, 0.3) is 0 Å². The third-order valence-electron chi connectivity index (χ3n) is 0. The van der Waals surface area contributed by atoms with E-state index in [1.165, 1.54) is 0 Å². The van der Waals surface area contributed by atoms with Crippen LogP contribution in [0.5, 0.6) is 0 Å². The molecule has 0 rings (SSSR count). The molecule has 0 aromatic rings. The molecule has 0 aromatic carbocycles. The van der Waals surface area contributed by atoms with E-state index in [0.29, 0.717) is 19.8 Å². The molecular formula is H6MoO7P2S2. The van der Waals surface area contributed by atoms with Gasteiger partial charge in [0.25, 0.3) is 0 Å². The van der Waals surface area contributed by atoms with Crippen LogP contribution in [-0.4, -0.2) is 29.4 Å². The van der Waals surface area contributed by atoms with E-state index in [0.717, 1.165) is 0 Å². The average molecular weight is 340 g/mol. The summed E-state index contributed by atoms with van der Waals surface area (Å²) in [7, 11) is 0. The Hall–Kier alpha value is 1.55. The van der Waals surface area contributed by atoms with Crippen LogP contribution in [0.3, 0.4) is 0 Å². The molecule has 12 heteroatoms. The standard InChI is InChI=1S/Mo.2H3O3PS.O/c;2*1-4(2,3)5;/h;2*(H3,1,2,3,5);. The number of rotatable bonds is 0. The van der Waals surface area contributed by atoms with Gasteiger partial charge in [-0.15, -0.1) is 0 Å². The molecule has 0 spiro atoms. The van der Waals surface area contributed by atoms with Gasteiger partial charge in [0, 0.05) is 0 Å². The molecule has 0 aliphatic heterocycles. The maximum absolute atomic E-state index is 8.26. The predicted octanol–water partition coefficient (Wildman–Crippen LogP) is -1.75. The fourth-order valence-electron chi connectivity index (χ4n) is 0. The van der Waals surface area contributed by atoms with Crippen molar-refractivity contribution in [1.82, 2.24) is 0 Å². The molecule has 6 N–H and O–H groups in total. The van der Waals surface area contributed by atoms with E-state index in [1.54, 1.807) is 0 Å². The molecule has 0 fully saturated rings. The number of hydrogen-bond acceptors (Lipinski definition) is 3. The predicted molar refractivity (Wildman–Crippen MR) is 42.6 cm³/mol. The number of hydrogen-bond donors (Lipinski definition) is 6. The molecule has 0 radical (unpaired) electrons. The van der Waals surface area contributed by atoms with Gasteiger partial charge in [0.2, 0.25) is 0 Å². The molecule has 76 valence electrons. The van der Waals surface area contributed by atoms with Crippen molar-refractivity contribution in [3.63, 3.8) is 0 Å². The van der Waals surface area contributed by atoms with Crippen LogP contribution >= 0.6 is 13.4 Å². The first-order valence-electron chi connectivity index (χ1n) is 1.73. The molecule has 0 atom stereocenters. The van der Waals surface area contributed by atoms with Gasteiger partial charge in [-0.3, -0.25) is 0 Å². The zero-order chi connectivity index (χ0) is 11.0.